The van der Waals surface area contributed by atoms with Gasteiger partial charge in [-0.1, -0.05) is 52.8 Å². The number of amides is 1. The van der Waals surface area contributed by atoms with Gasteiger partial charge in [-0.15, -0.1) is 16.2 Å². The predicted octanol–water partition coefficient (Wildman–Crippen LogP) is 5.24. The Labute approximate surface area is 428 Å². The summed E-state index contributed by atoms with van der Waals surface area (Å²) in [6.45, 7) is 13.8. The van der Waals surface area contributed by atoms with Crippen molar-refractivity contribution in [2.75, 3.05) is 26.4 Å². The maximum absolute atomic E-state index is 13.7. The van der Waals surface area contributed by atoms with Crippen molar-refractivity contribution >= 4 is 60.6 Å². The van der Waals surface area contributed by atoms with Crippen molar-refractivity contribution in [1.82, 2.24) is 5.32 Å². The number of ether oxygens (including phenoxy) is 8. The highest BCUT2D eigenvalue weighted by molar-refractivity contribution is 7.85. The number of carbonyl (C=O) groups excluding carboxylic acids is 5. The van der Waals surface area contributed by atoms with Crippen LogP contribution in [0.3, 0.4) is 0 Å². The van der Waals surface area contributed by atoms with Gasteiger partial charge in [0.2, 0.25) is 12.4 Å². The molecule has 0 aliphatic carbocycles. The van der Waals surface area contributed by atoms with Crippen LogP contribution < -0.4 is 23.2 Å². The lowest BCUT2D eigenvalue weighted by Crippen LogP contribution is -2.63. The summed E-state index contributed by atoms with van der Waals surface area (Å²) in [7, 11) is -15.4. The Hall–Kier alpha value is -6.16. The van der Waals surface area contributed by atoms with Crippen molar-refractivity contribution in [2.45, 2.75) is 118 Å². The molecule has 22 nitrogen and oxygen atoms in total. The van der Waals surface area contributed by atoms with Gasteiger partial charge in [0, 0.05) is 50.8 Å². The maximum atomic E-state index is 13.7. The number of halogens is 2. The van der Waals surface area contributed by atoms with E-state index in [1.54, 1.807) is 0 Å². The van der Waals surface area contributed by atoms with E-state index in [1.807, 2.05) is 20.8 Å². The standard InChI is InChI=1S/C47H59F2NO21S3/c1-10-46(6,7)26-62-27-47(8,9)25-50-44(55)34-14-18-38(68-45-43(67-31(5)54)42(66-30(4)53)41(65-29(3)52)40(69-45)22-63-28(2)51)39(20-34)71-74(60,61)70-36-15-11-32(12-16-36)21-64-37-17-13-33(23-72(48,56)57)19-35(37)24-73(49,58)59/h11-20,40-43,45H,10,21-27H2,1-9H3,(H,50,55)/t40-,41+,42+,43-,45-/m0/s1. The zero-order chi connectivity index (χ0) is 55.4. The number of nitrogens with one attached hydrogen (secondary N) is 1. The van der Waals surface area contributed by atoms with Gasteiger partial charge in [0.25, 0.3) is 5.91 Å². The summed E-state index contributed by atoms with van der Waals surface area (Å²) in [6.07, 6.45) is -7.50. The van der Waals surface area contributed by atoms with Gasteiger partial charge < -0.3 is 51.6 Å². The monoisotopic (exact) mass is 1110 g/mol. The molecular weight excluding hydrogens is 1050 g/mol. The molecule has 5 atom stereocenters. The molecule has 3 aromatic carbocycles. The summed E-state index contributed by atoms with van der Waals surface area (Å²) in [4.78, 5) is 62.8. The third-order valence-corrected chi connectivity index (χ3v) is 12.7. The first-order chi connectivity index (χ1) is 34.2. The Morgan fingerprint density at radius 3 is 1.80 bits per heavy atom. The van der Waals surface area contributed by atoms with E-state index in [0.717, 1.165) is 76.6 Å². The van der Waals surface area contributed by atoms with Crippen LogP contribution in [0.2, 0.25) is 0 Å². The second-order valence-electron chi connectivity index (χ2n) is 18.5. The topological polar surface area (TPSA) is 292 Å². The van der Waals surface area contributed by atoms with E-state index in [2.05, 4.69) is 19.2 Å². The van der Waals surface area contributed by atoms with Gasteiger partial charge >= 0.3 is 54.7 Å². The van der Waals surface area contributed by atoms with Crippen molar-refractivity contribution in [2.24, 2.45) is 10.8 Å². The predicted molar refractivity (Wildman–Crippen MR) is 255 cm³/mol. The van der Waals surface area contributed by atoms with Crippen molar-refractivity contribution in [3.8, 4) is 23.0 Å². The SMILES string of the molecule is CCC(C)(C)COCC(C)(C)CNC(=O)c1ccc(O[C@H]2O[C@@H](COC(C)=O)[C@@H](OC(C)=O)[C@@H](OC(C)=O)[C@@H]2OC(C)=O)c(OS(=O)(=O)Oc2ccc(COc3ccc(CS(=O)(=O)F)cc3CS(=O)(=O)F)cc2)c1. The van der Waals surface area contributed by atoms with Crippen LogP contribution in [0, 0.1) is 10.8 Å². The van der Waals surface area contributed by atoms with Crippen molar-refractivity contribution in [3.05, 3.63) is 82.9 Å². The fraction of sp³-hybridized carbons (Fsp3) is 0.511. The van der Waals surface area contributed by atoms with E-state index in [4.69, 9.17) is 46.3 Å². The molecule has 0 aromatic heterocycles. The lowest BCUT2D eigenvalue weighted by Gasteiger charge is -2.43. The fourth-order valence-electron chi connectivity index (χ4n) is 6.81. The number of rotatable bonds is 26. The van der Waals surface area contributed by atoms with Crippen LogP contribution in [0.25, 0.3) is 0 Å². The number of benzene rings is 3. The van der Waals surface area contributed by atoms with Crippen LogP contribution >= 0.6 is 0 Å². The minimum Gasteiger partial charge on any atom is -0.489 e. The molecule has 410 valence electrons. The Morgan fingerprint density at radius 2 is 1.22 bits per heavy atom. The van der Waals surface area contributed by atoms with E-state index in [1.165, 1.54) is 18.2 Å². The Morgan fingerprint density at radius 1 is 0.649 bits per heavy atom. The number of hydrogen-bond donors (Lipinski definition) is 1. The quantitative estimate of drug-likeness (QED) is 0.0611. The largest absolute Gasteiger partial charge is 0.501 e. The van der Waals surface area contributed by atoms with Crippen molar-refractivity contribution in [3.63, 3.8) is 0 Å². The van der Waals surface area contributed by atoms with Gasteiger partial charge in [-0.3, -0.25) is 24.0 Å². The average molecular weight is 1110 g/mol. The highest BCUT2D eigenvalue weighted by Gasteiger charge is 2.53. The molecule has 0 unspecified atom stereocenters. The molecule has 0 radical (unpaired) electrons. The van der Waals surface area contributed by atoms with Crippen LogP contribution in [0.5, 0.6) is 23.0 Å². The van der Waals surface area contributed by atoms with E-state index in [0.29, 0.717) is 12.2 Å². The van der Waals surface area contributed by atoms with Crippen molar-refractivity contribution in [1.29, 1.82) is 0 Å². The zero-order valence-corrected chi connectivity index (χ0v) is 44.3. The lowest BCUT2D eigenvalue weighted by molar-refractivity contribution is -0.288. The van der Waals surface area contributed by atoms with E-state index >= 15 is 0 Å². The van der Waals surface area contributed by atoms with E-state index < -0.39 is 126 Å². The fourth-order valence-corrected chi connectivity index (χ4v) is 8.71. The molecule has 0 spiro atoms. The van der Waals surface area contributed by atoms with Crippen LogP contribution in [0.4, 0.5) is 7.77 Å². The summed E-state index contributed by atoms with van der Waals surface area (Å²) in [5.74, 6) is -8.39. The summed E-state index contributed by atoms with van der Waals surface area (Å²) in [5, 5.41) is 2.78. The molecule has 1 fully saturated rings. The Bertz CT molecular complexity index is 2840. The molecule has 3 aromatic rings. The molecule has 1 heterocycles. The molecule has 74 heavy (non-hydrogen) atoms. The summed E-state index contributed by atoms with van der Waals surface area (Å²) in [5.41, 5.74) is -0.984. The molecule has 4 rings (SSSR count). The molecule has 0 bridgehead atoms. The third kappa shape index (κ3) is 20.3. The number of esters is 4. The van der Waals surface area contributed by atoms with E-state index in [9.17, 15) is 57.0 Å². The van der Waals surface area contributed by atoms with Crippen LogP contribution in [0.1, 0.15) is 95.8 Å². The summed E-state index contributed by atoms with van der Waals surface area (Å²) in [6, 6.07) is 11.5. The van der Waals surface area contributed by atoms with Crippen LogP contribution in [-0.2, 0) is 96.6 Å². The first kappa shape index (κ1) is 60.4. The second kappa shape index (κ2) is 25.4. The van der Waals surface area contributed by atoms with Gasteiger partial charge in [0.05, 0.1) is 13.2 Å². The molecule has 1 N–H and O–H groups in total. The number of carbonyl (C=O) groups is 5. The maximum Gasteiger partial charge on any atom is 0.501 e. The minimum atomic E-state index is -5.20. The molecule has 1 saturated heterocycles. The third-order valence-electron chi connectivity index (χ3n) is 10.6. The normalized spacial score (nSPS) is 18.3. The average Bonchev–Trinajstić information content (AvgIpc) is 3.25. The van der Waals surface area contributed by atoms with Gasteiger partial charge in [-0.05, 0) is 65.4 Å². The molecule has 1 amide bonds. The van der Waals surface area contributed by atoms with Crippen LogP contribution in [0.15, 0.2) is 60.7 Å². The smallest absolute Gasteiger partial charge is 0.489 e. The Kier molecular flexibility index (Phi) is 20.7. The highest BCUT2D eigenvalue weighted by atomic mass is 32.3. The molecule has 0 saturated carbocycles. The molecule has 27 heteroatoms. The van der Waals surface area contributed by atoms with Gasteiger partial charge in [-0.25, -0.2) is 0 Å². The van der Waals surface area contributed by atoms with Gasteiger partial charge in [0.15, 0.2) is 23.7 Å². The van der Waals surface area contributed by atoms with E-state index in [-0.39, 0.29) is 53.4 Å². The highest BCUT2D eigenvalue weighted by Crippen LogP contribution is 2.37. The van der Waals surface area contributed by atoms with Crippen LogP contribution in [-0.4, -0.2) is 112 Å². The summed E-state index contributed by atoms with van der Waals surface area (Å²) >= 11 is 0. The second-order valence-corrected chi connectivity index (χ2v) is 22.4. The van der Waals surface area contributed by atoms with Gasteiger partial charge in [0.1, 0.15) is 42.3 Å². The number of hydrogen-bond acceptors (Lipinski definition) is 21. The minimum absolute atomic E-state index is 0.0805. The zero-order valence-electron chi connectivity index (χ0n) is 41.9. The summed E-state index contributed by atoms with van der Waals surface area (Å²) < 4.78 is 155. The lowest BCUT2D eigenvalue weighted by atomic mass is 9.91. The first-order valence-corrected chi connectivity index (χ1v) is 27.0. The Balaban J connectivity index is 1.68. The molecule has 1 aliphatic rings. The first-order valence-electron chi connectivity index (χ1n) is 22.5. The van der Waals surface area contributed by atoms with Crippen molar-refractivity contribution < 1.29 is 103 Å². The molecule has 1 aliphatic heterocycles. The molecular formula is C47H59F2NO21S3. The van der Waals surface area contributed by atoms with Gasteiger partial charge in [-0.2, -0.15) is 16.8 Å².